The predicted molar refractivity (Wildman–Crippen MR) is 78.7 cm³/mol. The Balaban J connectivity index is 1.74. The second-order valence-corrected chi connectivity index (χ2v) is 4.63. The summed E-state index contributed by atoms with van der Waals surface area (Å²) < 4.78 is 1.82. The highest BCUT2D eigenvalue weighted by Gasteiger charge is 2.07. The molecule has 3 rings (SSSR count). The second-order valence-electron chi connectivity index (χ2n) is 4.63. The lowest BCUT2D eigenvalue weighted by molar-refractivity contribution is -0.115. The maximum Gasteiger partial charge on any atom is 0.229 e. The molecule has 102 valence electrons. The number of pyridine rings is 1. The van der Waals surface area contributed by atoms with E-state index in [0.29, 0.717) is 11.4 Å². The van der Waals surface area contributed by atoms with Crippen LogP contribution in [0.3, 0.4) is 0 Å². The number of nitrogens with one attached hydrogen (secondary N) is 1. The molecule has 0 fully saturated rings. The van der Waals surface area contributed by atoms with Crippen LogP contribution in [0.1, 0.15) is 11.1 Å². The van der Waals surface area contributed by atoms with E-state index >= 15 is 0 Å². The van der Waals surface area contributed by atoms with Crippen LogP contribution in [0.4, 0.5) is 5.82 Å². The molecule has 5 nitrogen and oxygen atoms in total. The van der Waals surface area contributed by atoms with Gasteiger partial charge in [0.1, 0.15) is 12.1 Å². The van der Waals surface area contributed by atoms with Crippen LogP contribution in [-0.2, 0) is 11.2 Å². The third-order valence-electron chi connectivity index (χ3n) is 3.16. The molecule has 0 aliphatic rings. The van der Waals surface area contributed by atoms with Gasteiger partial charge in [-0.3, -0.25) is 9.20 Å². The van der Waals surface area contributed by atoms with Gasteiger partial charge in [-0.1, -0.05) is 18.2 Å². The number of nitriles is 1. The van der Waals surface area contributed by atoms with Crippen LogP contribution in [0.25, 0.3) is 5.52 Å². The molecule has 1 amide bonds. The molecule has 0 bridgehead atoms. The molecule has 0 radical (unpaired) electrons. The van der Waals surface area contributed by atoms with Crippen LogP contribution in [0.5, 0.6) is 0 Å². The summed E-state index contributed by atoms with van der Waals surface area (Å²) in [6.07, 6.45) is 3.65. The fourth-order valence-corrected chi connectivity index (χ4v) is 2.12. The molecule has 21 heavy (non-hydrogen) atoms. The van der Waals surface area contributed by atoms with Crippen molar-refractivity contribution >= 4 is 17.2 Å². The number of carbonyl (C=O) groups excluding carboxylic acids is 1. The summed E-state index contributed by atoms with van der Waals surface area (Å²) in [6.45, 7) is 0. The minimum absolute atomic E-state index is 0.110. The topological polar surface area (TPSA) is 70.2 Å². The van der Waals surface area contributed by atoms with Crippen LogP contribution < -0.4 is 5.32 Å². The zero-order chi connectivity index (χ0) is 14.7. The third-order valence-corrected chi connectivity index (χ3v) is 3.16. The van der Waals surface area contributed by atoms with Crippen molar-refractivity contribution < 1.29 is 4.79 Å². The normalized spacial score (nSPS) is 10.2. The van der Waals surface area contributed by atoms with Crippen molar-refractivity contribution in [3.05, 3.63) is 66.1 Å². The van der Waals surface area contributed by atoms with Crippen molar-refractivity contribution in [1.29, 1.82) is 5.26 Å². The smallest absolute Gasteiger partial charge is 0.229 e. The summed E-state index contributed by atoms with van der Waals surface area (Å²) in [6, 6.07) is 14.7. The molecule has 0 aliphatic carbocycles. The zero-order valence-corrected chi connectivity index (χ0v) is 11.2. The second kappa shape index (κ2) is 5.47. The highest BCUT2D eigenvalue weighted by Crippen LogP contribution is 2.12. The van der Waals surface area contributed by atoms with Gasteiger partial charge in [0.25, 0.3) is 0 Å². The average Bonchev–Trinajstić information content (AvgIpc) is 2.97. The Bertz CT molecular complexity index is 827. The van der Waals surface area contributed by atoms with Crippen molar-refractivity contribution in [2.45, 2.75) is 6.42 Å². The Morgan fingerprint density at radius 3 is 2.81 bits per heavy atom. The molecule has 0 atom stereocenters. The van der Waals surface area contributed by atoms with Gasteiger partial charge in [0.2, 0.25) is 5.91 Å². The van der Waals surface area contributed by atoms with E-state index in [1.54, 1.807) is 36.8 Å². The fraction of sp³-hybridized carbons (Fsp3) is 0.0625. The van der Waals surface area contributed by atoms with Gasteiger partial charge >= 0.3 is 0 Å². The summed E-state index contributed by atoms with van der Waals surface area (Å²) in [5.74, 6) is 0.574. The van der Waals surface area contributed by atoms with E-state index in [2.05, 4.69) is 16.4 Å². The largest absolute Gasteiger partial charge is 0.311 e. The highest BCUT2D eigenvalue weighted by molar-refractivity contribution is 5.91. The van der Waals surface area contributed by atoms with Gasteiger partial charge in [-0.15, -0.1) is 0 Å². The maximum atomic E-state index is 12.1. The summed E-state index contributed by atoms with van der Waals surface area (Å²) in [5, 5.41) is 11.6. The molecule has 2 heterocycles. The van der Waals surface area contributed by atoms with Gasteiger partial charge in [-0.05, 0) is 29.8 Å². The first-order chi connectivity index (χ1) is 10.3. The Kier molecular flexibility index (Phi) is 3.36. The Morgan fingerprint density at radius 2 is 2.05 bits per heavy atom. The number of hydrogen-bond acceptors (Lipinski definition) is 3. The highest BCUT2D eigenvalue weighted by atomic mass is 16.1. The number of imidazole rings is 1. The van der Waals surface area contributed by atoms with E-state index in [4.69, 9.17) is 5.26 Å². The van der Waals surface area contributed by atoms with E-state index in [1.165, 1.54) is 0 Å². The molecule has 0 unspecified atom stereocenters. The number of fused-ring (bicyclic) bond motifs is 1. The maximum absolute atomic E-state index is 12.1. The quantitative estimate of drug-likeness (QED) is 0.798. The van der Waals surface area contributed by atoms with E-state index in [1.807, 2.05) is 22.6 Å². The number of anilines is 1. The number of carbonyl (C=O) groups is 1. The molecule has 1 N–H and O–H groups in total. The van der Waals surface area contributed by atoms with E-state index < -0.39 is 0 Å². The fourth-order valence-electron chi connectivity index (χ4n) is 2.12. The van der Waals surface area contributed by atoms with Gasteiger partial charge < -0.3 is 5.32 Å². The van der Waals surface area contributed by atoms with Gasteiger partial charge in [0.05, 0.1) is 29.8 Å². The zero-order valence-electron chi connectivity index (χ0n) is 11.2. The Labute approximate surface area is 121 Å². The lowest BCUT2D eigenvalue weighted by atomic mass is 10.1. The van der Waals surface area contributed by atoms with Crippen LogP contribution in [0.2, 0.25) is 0 Å². The lowest BCUT2D eigenvalue weighted by Crippen LogP contribution is -2.16. The van der Waals surface area contributed by atoms with Gasteiger partial charge in [-0.2, -0.15) is 5.26 Å². The van der Waals surface area contributed by atoms with Gasteiger partial charge in [0.15, 0.2) is 0 Å². The SMILES string of the molecule is N#Cc1ccc(CC(=O)Nc2cccc3cncn23)cc1. The molecule has 0 saturated carbocycles. The van der Waals surface area contributed by atoms with E-state index in [-0.39, 0.29) is 12.3 Å². The summed E-state index contributed by atoms with van der Waals surface area (Å²) in [7, 11) is 0. The number of nitrogens with zero attached hydrogens (tertiary/aromatic N) is 3. The van der Waals surface area contributed by atoms with Crippen molar-refractivity contribution in [1.82, 2.24) is 9.38 Å². The van der Waals surface area contributed by atoms with E-state index in [9.17, 15) is 4.79 Å². The van der Waals surface area contributed by atoms with Crippen molar-refractivity contribution in [3.63, 3.8) is 0 Å². The standard InChI is InChI=1S/C16H12N4O/c17-9-13-6-4-12(5-7-13)8-16(21)19-15-3-1-2-14-10-18-11-20(14)15/h1-7,10-11H,8H2,(H,19,21). The molecule has 0 saturated heterocycles. The third kappa shape index (κ3) is 2.74. The van der Waals surface area contributed by atoms with Crippen LogP contribution in [0.15, 0.2) is 55.0 Å². The molecule has 1 aromatic carbocycles. The molecule has 2 aromatic heterocycles. The number of amides is 1. The molecular formula is C16H12N4O. The minimum atomic E-state index is -0.110. The number of rotatable bonds is 3. The van der Waals surface area contributed by atoms with Crippen LogP contribution in [0, 0.1) is 11.3 Å². The molecule has 5 heteroatoms. The van der Waals surface area contributed by atoms with Gasteiger partial charge in [-0.25, -0.2) is 4.98 Å². The number of aromatic nitrogens is 2. The molecular weight excluding hydrogens is 264 g/mol. The van der Waals surface area contributed by atoms with Crippen LogP contribution >= 0.6 is 0 Å². The van der Waals surface area contributed by atoms with Crippen molar-refractivity contribution in [3.8, 4) is 6.07 Å². The van der Waals surface area contributed by atoms with Crippen molar-refractivity contribution in [2.24, 2.45) is 0 Å². The van der Waals surface area contributed by atoms with Crippen molar-refractivity contribution in [2.75, 3.05) is 5.32 Å². The summed E-state index contributed by atoms with van der Waals surface area (Å²) in [5.41, 5.74) is 2.37. The first kappa shape index (κ1) is 12.9. The first-order valence-electron chi connectivity index (χ1n) is 6.46. The summed E-state index contributed by atoms with van der Waals surface area (Å²) in [4.78, 5) is 16.1. The lowest BCUT2D eigenvalue weighted by Gasteiger charge is -2.08. The molecule has 0 spiro atoms. The first-order valence-corrected chi connectivity index (χ1v) is 6.46. The Hall–Kier alpha value is -3.13. The number of hydrogen-bond donors (Lipinski definition) is 1. The van der Waals surface area contributed by atoms with Crippen LogP contribution in [-0.4, -0.2) is 15.3 Å². The van der Waals surface area contributed by atoms with E-state index in [0.717, 1.165) is 11.1 Å². The minimum Gasteiger partial charge on any atom is -0.311 e. The molecule has 3 aromatic rings. The van der Waals surface area contributed by atoms with Gasteiger partial charge in [0, 0.05) is 0 Å². The Morgan fingerprint density at radius 1 is 1.24 bits per heavy atom. The monoisotopic (exact) mass is 276 g/mol. The number of benzene rings is 1. The predicted octanol–water partition coefficient (Wildman–Crippen LogP) is 2.39. The summed E-state index contributed by atoms with van der Waals surface area (Å²) >= 11 is 0. The average molecular weight is 276 g/mol. The molecule has 0 aliphatic heterocycles.